The minimum absolute atomic E-state index is 0.0294. The number of ether oxygens (including phenoxy) is 1. The van der Waals surface area contributed by atoms with Gasteiger partial charge in [0.2, 0.25) is 11.0 Å². The average Bonchev–Trinajstić information content (AvgIpc) is 3.22. The molecule has 0 aliphatic heterocycles. The molecule has 0 unspecified atom stereocenters. The van der Waals surface area contributed by atoms with E-state index in [-0.39, 0.29) is 17.9 Å². The van der Waals surface area contributed by atoms with Crippen LogP contribution in [-0.2, 0) is 18.3 Å². The normalized spacial score (nSPS) is 10.9. The Bertz CT molecular complexity index is 1260. The lowest BCUT2D eigenvalue weighted by molar-refractivity contribution is -0.115. The summed E-state index contributed by atoms with van der Waals surface area (Å²) in [7, 11) is 1.58. The van der Waals surface area contributed by atoms with Crippen LogP contribution < -0.4 is 15.6 Å². The van der Waals surface area contributed by atoms with Gasteiger partial charge in [-0.3, -0.25) is 9.59 Å². The third kappa shape index (κ3) is 5.28. The number of amides is 1. The molecular weight excluding hydrogens is 434 g/mol. The molecule has 0 radical (unpaired) electrons. The molecule has 1 N–H and O–H groups in total. The Labute approximate surface area is 186 Å². The first-order valence-corrected chi connectivity index (χ1v) is 11.3. The molecule has 0 saturated carbocycles. The van der Waals surface area contributed by atoms with Gasteiger partial charge in [-0.1, -0.05) is 59.5 Å². The Morgan fingerprint density at radius 1 is 1.10 bits per heavy atom. The first-order valence-electron chi connectivity index (χ1n) is 9.49. The van der Waals surface area contributed by atoms with Gasteiger partial charge in [0.1, 0.15) is 5.75 Å². The third-order valence-electron chi connectivity index (χ3n) is 4.33. The average molecular weight is 454 g/mol. The van der Waals surface area contributed by atoms with E-state index < -0.39 is 0 Å². The van der Waals surface area contributed by atoms with Crippen molar-refractivity contribution >= 4 is 44.9 Å². The number of benzene rings is 2. The van der Waals surface area contributed by atoms with Crippen LogP contribution in [0.4, 0.5) is 5.13 Å². The summed E-state index contributed by atoms with van der Waals surface area (Å²) >= 11 is 2.82. The van der Waals surface area contributed by atoms with E-state index in [0.29, 0.717) is 34.0 Å². The van der Waals surface area contributed by atoms with Crippen LogP contribution in [0.3, 0.4) is 0 Å². The molecule has 0 bridgehead atoms. The van der Waals surface area contributed by atoms with Gasteiger partial charge in [0.15, 0.2) is 4.34 Å². The minimum atomic E-state index is -0.267. The van der Waals surface area contributed by atoms with Crippen LogP contribution in [0.2, 0.25) is 0 Å². The van der Waals surface area contributed by atoms with Crippen LogP contribution in [0.15, 0.2) is 63.7 Å². The highest BCUT2D eigenvalue weighted by Gasteiger charge is 2.14. The van der Waals surface area contributed by atoms with Gasteiger partial charge >= 0.3 is 0 Å². The number of carbonyl (C=O) groups excluding carboxylic acids is 1. The first kappa shape index (κ1) is 21.0. The largest absolute Gasteiger partial charge is 0.493 e. The Balaban J connectivity index is 1.33. The minimum Gasteiger partial charge on any atom is -0.493 e. The number of carbonyl (C=O) groups is 1. The van der Waals surface area contributed by atoms with Gasteiger partial charge < -0.3 is 10.1 Å². The monoisotopic (exact) mass is 453 g/mol. The van der Waals surface area contributed by atoms with Crippen molar-refractivity contribution in [2.75, 3.05) is 17.7 Å². The van der Waals surface area contributed by atoms with Crippen LogP contribution in [0, 0.1) is 0 Å². The second-order valence-corrected chi connectivity index (χ2v) is 8.85. The van der Waals surface area contributed by atoms with Gasteiger partial charge in [0.05, 0.1) is 24.1 Å². The predicted octanol–water partition coefficient (Wildman–Crippen LogP) is 3.14. The smallest absolute Gasteiger partial charge is 0.274 e. The number of nitrogens with zero attached hydrogens (tertiary/aromatic N) is 4. The highest BCUT2D eigenvalue weighted by molar-refractivity contribution is 8.01. The van der Waals surface area contributed by atoms with Gasteiger partial charge in [-0.15, -0.1) is 10.2 Å². The lowest BCUT2D eigenvalue weighted by atomic mass is 10.1. The van der Waals surface area contributed by atoms with E-state index in [0.717, 1.165) is 10.1 Å². The van der Waals surface area contributed by atoms with Gasteiger partial charge in [-0.2, -0.15) is 5.10 Å². The molecule has 0 atom stereocenters. The zero-order chi connectivity index (χ0) is 21.6. The second-order valence-electron chi connectivity index (χ2n) is 6.53. The number of thioether (sulfide) groups is 1. The summed E-state index contributed by atoms with van der Waals surface area (Å²) in [5.74, 6) is 1.27. The zero-order valence-electron chi connectivity index (χ0n) is 16.6. The lowest BCUT2D eigenvalue weighted by Crippen LogP contribution is -2.24. The van der Waals surface area contributed by atoms with E-state index in [1.54, 1.807) is 25.2 Å². The van der Waals surface area contributed by atoms with E-state index >= 15 is 0 Å². The maximum absolute atomic E-state index is 12.5. The fourth-order valence-electron chi connectivity index (χ4n) is 2.95. The number of para-hydroxylation sites is 1. The molecular formula is C21H19N5O3S2. The molecule has 4 rings (SSSR count). The SMILES string of the molecule is Cn1nc(CC(=O)Nc2nnc(SCCOc3ccccc3)s2)c2ccccc2c1=O. The van der Waals surface area contributed by atoms with Gasteiger partial charge in [-0.25, -0.2) is 4.68 Å². The molecule has 0 fully saturated rings. The summed E-state index contributed by atoms with van der Waals surface area (Å²) in [6, 6.07) is 16.7. The van der Waals surface area contributed by atoms with Gasteiger partial charge in [-0.05, 0) is 18.2 Å². The number of aryl methyl sites for hydroxylation is 1. The van der Waals surface area contributed by atoms with E-state index in [4.69, 9.17) is 4.74 Å². The number of anilines is 1. The quantitative estimate of drug-likeness (QED) is 0.249. The van der Waals surface area contributed by atoms with Crippen molar-refractivity contribution in [3.05, 3.63) is 70.6 Å². The second kappa shape index (κ2) is 9.71. The fraction of sp³-hybridized carbons (Fsp3) is 0.190. The summed E-state index contributed by atoms with van der Waals surface area (Å²) in [5.41, 5.74) is 0.342. The summed E-state index contributed by atoms with van der Waals surface area (Å²) < 4.78 is 7.65. The predicted molar refractivity (Wildman–Crippen MR) is 122 cm³/mol. The number of aromatic nitrogens is 4. The summed E-state index contributed by atoms with van der Waals surface area (Å²) in [5, 5.41) is 16.8. The van der Waals surface area contributed by atoms with Crippen molar-refractivity contribution in [3.63, 3.8) is 0 Å². The Hall–Kier alpha value is -3.24. The van der Waals surface area contributed by atoms with Crippen molar-refractivity contribution in [1.82, 2.24) is 20.0 Å². The molecule has 2 aromatic carbocycles. The van der Waals surface area contributed by atoms with E-state index in [2.05, 4.69) is 20.6 Å². The maximum Gasteiger partial charge on any atom is 0.274 e. The van der Waals surface area contributed by atoms with E-state index in [1.807, 2.05) is 36.4 Å². The molecule has 8 nitrogen and oxygen atoms in total. The number of nitrogens with one attached hydrogen (secondary N) is 1. The van der Waals surface area contributed by atoms with Gasteiger partial charge in [0.25, 0.3) is 5.56 Å². The molecule has 0 aliphatic rings. The van der Waals surface area contributed by atoms with Gasteiger partial charge in [0, 0.05) is 18.2 Å². The first-order chi connectivity index (χ1) is 15.1. The number of hydrogen-bond acceptors (Lipinski definition) is 8. The van der Waals surface area contributed by atoms with Crippen molar-refractivity contribution < 1.29 is 9.53 Å². The summed E-state index contributed by atoms with van der Waals surface area (Å²) in [6.07, 6.45) is 0.0294. The topological polar surface area (TPSA) is 99.0 Å². The molecule has 4 aromatic rings. The van der Waals surface area contributed by atoms with Crippen molar-refractivity contribution in [3.8, 4) is 5.75 Å². The Kier molecular flexibility index (Phi) is 6.58. The molecule has 0 spiro atoms. The highest BCUT2D eigenvalue weighted by atomic mass is 32.2. The number of hydrogen-bond donors (Lipinski definition) is 1. The Morgan fingerprint density at radius 3 is 2.65 bits per heavy atom. The van der Waals surface area contributed by atoms with Crippen LogP contribution in [0.5, 0.6) is 5.75 Å². The van der Waals surface area contributed by atoms with Crippen molar-refractivity contribution in [2.24, 2.45) is 7.05 Å². The van der Waals surface area contributed by atoms with Crippen LogP contribution in [0.1, 0.15) is 5.69 Å². The number of fused-ring (bicyclic) bond motifs is 1. The molecule has 2 heterocycles. The molecule has 10 heteroatoms. The summed E-state index contributed by atoms with van der Waals surface area (Å²) in [6.45, 7) is 0.543. The Morgan fingerprint density at radius 2 is 1.84 bits per heavy atom. The molecule has 0 aliphatic carbocycles. The van der Waals surface area contributed by atoms with Crippen molar-refractivity contribution in [1.29, 1.82) is 0 Å². The van der Waals surface area contributed by atoms with Crippen LogP contribution in [0.25, 0.3) is 10.8 Å². The molecule has 158 valence electrons. The molecule has 2 aromatic heterocycles. The van der Waals surface area contributed by atoms with Crippen LogP contribution >= 0.6 is 23.1 Å². The molecule has 31 heavy (non-hydrogen) atoms. The van der Waals surface area contributed by atoms with Crippen molar-refractivity contribution in [2.45, 2.75) is 10.8 Å². The molecule has 0 saturated heterocycles. The van der Waals surface area contributed by atoms with Crippen LogP contribution in [-0.4, -0.2) is 38.2 Å². The molecule has 1 amide bonds. The standard InChI is InChI=1S/C21H19N5O3S2/c1-26-19(28)16-10-6-5-9-15(16)17(25-26)13-18(27)22-20-23-24-21(31-20)30-12-11-29-14-7-3-2-4-8-14/h2-10H,11-13H2,1H3,(H,22,23,27). The maximum atomic E-state index is 12.5. The zero-order valence-corrected chi connectivity index (χ0v) is 18.3. The lowest BCUT2D eigenvalue weighted by Gasteiger charge is -2.07. The fourth-order valence-corrected chi connectivity index (χ4v) is 4.60. The third-order valence-corrected chi connectivity index (χ3v) is 6.27. The number of rotatable bonds is 8. The van der Waals surface area contributed by atoms with E-state index in [1.165, 1.54) is 27.8 Å². The summed E-state index contributed by atoms with van der Waals surface area (Å²) in [4.78, 5) is 24.7. The van der Waals surface area contributed by atoms with E-state index in [9.17, 15) is 9.59 Å². The highest BCUT2D eigenvalue weighted by Crippen LogP contribution is 2.25.